The number of nitrogens with zero attached hydrogens (tertiary/aromatic N) is 1. The summed E-state index contributed by atoms with van der Waals surface area (Å²) in [7, 11) is 4.84. The van der Waals surface area contributed by atoms with Gasteiger partial charge in [-0.1, -0.05) is 6.07 Å². The average molecular weight is 337 g/mol. The van der Waals surface area contributed by atoms with Crippen LogP contribution in [-0.4, -0.2) is 42.9 Å². The number of carbonyl (C=O) groups excluding carboxylic acids is 2. The monoisotopic (exact) mass is 337 g/mol. The highest BCUT2D eigenvalue weighted by atomic mass is 16.5. The Morgan fingerprint density at radius 2 is 1.88 bits per heavy atom. The first-order valence-corrected chi connectivity index (χ1v) is 7.78. The molecule has 2 aromatic carbocycles. The van der Waals surface area contributed by atoms with Gasteiger partial charge in [-0.05, 0) is 41.8 Å². The van der Waals surface area contributed by atoms with E-state index in [2.05, 4.69) is 10.3 Å². The fraction of sp³-hybridized carbons (Fsp3) is 0.158. The van der Waals surface area contributed by atoms with Crippen molar-refractivity contribution in [3.8, 4) is 5.75 Å². The number of carbonyl (C=O) groups is 2. The van der Waals surface area contributed by atoms with E-state index >= 15 is 0 Å². The minimum Gasteiger partial charge on any atom is -0.496 e. The zero-order valence-electron chi connectivity index (χ0n) is 14.3. The zero-order chi connectivity index (χ0) is 18.0. The standard InChI is InChI=1S/C19H19N3O3/c1-22(2)19(24)15-11-14(6-7-17(15)25-3)21-18(23)13-5-4-12-8-9-20-16(12)10-13/h4-11,20H,1-3H3,(H,21,23). The summed E-state index contributed by atoms with van der Waals surface area (Å²) in [6.45, 7) is 0. The van der Waals surface area contributed by atoms with Crippen LogP contribution in [0.25, 0.3) is 10.9 Å². The van der Waals surface area contributed by atoms with Gasteiger partial charge in [-0.2, -0.15) is 0 Å². The highest BCUT2D eigenvalue weighted by molar-refractivity contribution is 6.07. The normalized spacial score (nSPS) is 10.5. The lowest BCUT2D eigenvalue weighted by molar-refractivity contribution is 0.0824. The summed E-state index contributed by atoms with van der Waals surface area (Å²) in [5.74, 6) is 0.0233. The van der Waals surface area contributed by atoms with Gasteiger partial charge in [0, 0.05) is 37.1 Å². The van der Waals surface area contributed by atoms with Gasteiger partial charge in [0.1, 0.15) is 5.75 Å². The van der Waals surface area contributed by atoms with Gasteiger partial charge in [-0.15, -0.1) is 0 Å². The maximum atomic E-state index is 12.5. The average Bonchev–Trinajstić information content (AvgIpc) is 3.08. The molecule has 0 aliphatic carbocycles. The lowest BCUT2D eigenvalue weighted by Gasteiger charge is -2.15. The molecule has 3 aromatic rings. The van der Waals surface area contributed by atoms with Crippen molar-refractivity contribution in [2.75, 3.05) is 26.5 Å². The topological polar surface area (TPSA) is 74.4 Å². The van der Waals surface area contributed by atoms with Crippen molar-refractivity contribution in [2.45, 2.75) is 0 Å². The van der Waals surface area contributed by atoms with Gasteiger partial charge in [-0.3, -0.25) is 9.59 Å². The summed E-state index contributed by atoms with van der Waals surface area (Å²) < 4.78 is 5.24. The van der Waals surface area contributed by atoms with E-state index in [4.69, 9.17) is 4.74 Å². The molecule has 6 nitrogen and oxygen atoms in total. The lowest BCUT2D eigenvalue weighted by Crippen LogP contribution is -2.22. The lowest BCUT2D eigenvalue weighted by atomic mass is 10.1. The molecule has 128 valence electrons. The first-order valence-electron chi connectivity index (χ1n) is 7.78. The fourth-order valence-corrected chi connectivity index (χ4v) is 2.59. The molecule has 1 aromatic heterocycles. The Balaban J connectivity index is 1.87. The van der Waals surface area contributed by atoms with Crippen LogP contribution in [0.4, 0.5) is 5.69 Å². The zero-order valence-corrected chi connectivity index (χ0v) is 14.3. The van der Waals surface area contributed by atoms with E-state index in [0.717, 1.165) is 10.9 Å². The second-order valence-electron chi connectivity index (χ2n) is 5.85. The van der Waals surface area contributed by atoms with Crippen LogP contribution in [0, 0.1) is 0 Å². The summed E-state index contributed by atoms with van der Waals surface area (Å²) in [5, 5.41) is 3.86. The molecule has 0 atom stereocenters. The van der Waals surface area contributed by atoms with Gasteiger partial charge < -0.3 is 19.9 Å². The van der Waals surface area contributed by atoms with Gasteiger partial charge in [0.05, 0.1) is 12.7 Å². The van der Waals surface area contributed by atoms with Crippen LogP contribution in [0.5, 0.6) is 5.75 Å². The minimum atomic E-state index is -0.245. The molecule has 0 bridgehead atoms. The summed E-state index contributed by atoms with van der Waals surface area (Å²) in [6, 6.07) is 12.4. The number of aromatic nitrogens is 1. The van der Waals surface area contributed by atoms with E-state index in [0.29, 0.717) is 22.6 Å². The van der Waals surface area contributed by atoms with E-state index in [-0.39, 0.29) is 11.8 Å². The number of nitrogens with one attached hydrogen (secondary N) is 2. The number of hydrogen-bond acceptors (Lipinski definition) is 3. The molecule has 0 saturated heterocycles. The number of hydrogen-bond donors (Lipinski definition) is 2. The van der Waals surface area contributed by atoms with Crippen molar-refractivity contribution < 1.29 is 14.3 Å². The van der Waals surface area contributed by atoms with Crippen LogP contribution in [0.1, 0.15) is 20.7 Å². The minimum absolute atomic E-state index is 0.194. The summed E-state index contributed by atoms with van der Waals surface area (Å²) in [4.78, 5) is 29.3. The van der Waals surface area contributed by atoms with Crippen LogP contribution < -0.4 is 10.1 Å². The van der Waals surface area contributed by atoms with Crippen molar-refractivity contribution >= 4 is 28.4 Å². The molecule has 1 heterocycles. The predicted octanol–water partition coefficient (Wildman–Crippen LogP) is 3.13. The van der Waals surface area contributed by atoms with Crippen molar-refractivity contribution in [3.05, 3.63) is 59.8 Å². The van der Waals surface area contributed by atoms with Crippen LogP contribution in [0.2, 0.25) is 0 Å². The molecule has 6 heteroatoms. The number of fused-ring (bicyclic) bond motifs is 1. The molecule has 0 saturated carbocycles. The predicted molar refractivity (Wildman–Crippen MR) is 97.3 cm³/mol. The SMILES string of the molecule is COc1ccc(NC(=O)c2ccc3cc[nH]c3c2)cc1C(=O)N(C)C. The maximum Gasteiger partial charge on any atom is 0.257 e. The number of methoxy groups -OCH3 is 1. The number of anilines is 1. The highest BCUT2D eigenvalue weighted by Gasteiger charge is 2.16. The Bertz CT molecular complexity index is 944. The molecule has 0 aliphatic heterocycles. The summed E-state index contributed by atoms with van der Waals surface area (Å²) >= 11 is 0. The number of amides is 2. The first kappa shape index (κ1) is 16.6. The molecule has 0 fully saturated rings. The van der Waals surface area contributed by atoms with Crippen LogP contribution in [0.3, 0.4) is 0 Å². The van der Waals surface area contributed by atoms with Crippen molar-refractivity contribution in [1.82, 2.24) is 9.88 Å². The maximum absolute atomic E-state index is 12.5. The molecule has 0 aliphatic rings. The highest BCUT2D eigenvalue weighted by Crippen LogP contribution is 2.24. The number of H-pyrrole nitrogens is 1. The van der Waals surface area contributed by atoms with Crippen molar-refractivity contribution in [3.63, 3.8) is 0 Å². The summed E-state index contributed by atoms with van der Waals surface area (Å²) in [6.07, 6.45) is 1.83. The molecule has 0 unspecified atom stereocenters. The van der Waals surface area contributed by atoms with Gasteiger partial charge >= 0.3 is 0 Å². The van der Waals surface area contributed by atoms with Crippen LogP contribution >= 0.6 is 0 Å². The van der Waals surface area contributed by atoms with Crippen molar-refractivity contribution in [2.24, 2.45) is 0 Å². The third-order valence-electron chi connectivity index (χ3n) is 3.91. The molecule has 3 rings (SSSR count). The van der Waals surface area contributed by atoms with Crippen molar-refractivity contribution in [1.29, 1.82) is 0 Å². The Morgan fingerprint density at radius 3 is 2.60 bits per heavy atom. The Labute approximate surface area is 145 Å². The van der Waals surface area contributed by atoms with E-state index in [1.165, 1.54) is 12.0 Å². The Morgan fingerprint density at radius 1 is 1.08 bits per heavy atom. The molecule has 25 heavy (non-hydrogen) atoms. The molecular formula is C19H19N3O3. The Hall–Kier alpha value is -3.28. The van der Waals surface area contributed by atoms with E-state index < -0.39 is 0 Å². The van der Waals surface area contributed by atoms with Gasteiger partial charge in [-0.25, -0.2) is 0 Å². The molecule has 2 N–H and O–H groups in total. The largest absolute Gasteiger partial charge is 0.496 e. The second-order valence-corrected chi connectivity index (χ2v) is 5.85. The molecule has 0 spiro atoms. The number of rotatable bonds is 4. The third kappa shape index (κ3) is 3.33. The summed E-state index contributed by atoms with van der Waals surface area (Å²) in [5.41, 5.74) is 2.35. The first-order chi connectivity index (χ1) is 12.0. The quantitative estimate of drug-likeness (QED) is 0.768. The fourth-order valence-electron chi connectivity index (χ4n) is 2.59. The van der Waals surface area contributed by atoms with Gasteiger partial charge in [0.2, 0.25) is 0 Å². The van der Waals surface area contributed by atoms with E-state index in [9.17, 15) is 9.59 Å². The van der Waals surface area contributed by atoms with E-state index in [1.54, 1.807) is 44.4 Å². The molecular weight excluding hydrogens is 318 g/mol. The van der Waals surface area contributed by atoms with E-state index in [1.807, 2.05) is 18.3 Å². The Kier molecular flexibility index (Phi) is 4.43. The van der Waals surface area contributed by atoms with Gasteiger partial charge in [0.25, 0.3) is 11.8 Å². The van der Waals surface area contributed by atoms with Crippen LogP contribution in [-0.2, 0) is 0 Å². The third-order valence-corrected chi connectivity index (χ3v) is 3.91. The number of benzene rings is 2. The second kappa shape index (κ2) is 6.68. The molecule has 2 amide bonds. The number of ether oxygens (including phenoxy) is 1. The smallest absolute Gasteiger partial charge is 0.257 e. The number of aromatic amines is 1. The van der Waals surface area contributed by atoms with Gasteiger partial charge in [0.15, 0.2) is 0 Å². The molecule has 0 radical (unpaired) electrons. The van der Waals surface area contributed by atoms with Crippen LogP contribution in [0.15, 0.2) is 48.7 Å².